The Morgan fingerprint density at radius 2 is 1.80 bits per heavy atom. The summed E-state index contributed by atoms with van der Waals surface area (Å²) in [5.74, 6) is -0.650. The zero-order valence-corrected chi connectivity index (χ0v) is 6.59. The molecule has 0 fully saturated rings. The van der Waals surface area contributed by atoms with E-state index < -0.39 is 5.79 Å². The Bertz CT molecular complexity index is 79.8. The predicted molar refractivity (Wildman–Crippen MR) is 35.6 cm³/mol. The average Bonchev–Trinajstić information content (AvgIpc) is 2.00. The maximum Gasteiger partial charge on any atom is 0.167 e. The van der Waals surface area contributed by atoms with Gasteiger partial charge in [0, 0.05) is 20.6 Å². The lowest BCUT2D eigenvalue weighted by molar-refractivity contribution is -0.270. The maximum absolute atomic E-state index is 8.01. The number of hydrogen-bond acceptors (Lipinski definition) is 4. The standard InChI is InChI=1S/C6H14O4/c1-6(8-2,9-3)4-5-10-7/h7H,4-5H2,1-3H3. The van der Waals surface area contributed by atoms with Crippen LogP contribution >= 0.6 is 0 Å². The van der Waals surface area contributed by atoms with Crippen LogP contribution in [0.4, 0.5) is 0 Å². The maximum atomic E-state index is 8.01. The van der Waals surface area contributed by atoms with Crippen molar-refractivity contribution in [2.24, 2.45) is 0 Å². The molecule has 0 aliphatic heterocycles. The number of methoxy groups -OCH3 is 2. The van der Waals surface area contributed by atoms with Crippen molar-refractivity contribution in [3.05, 3.63) is 0 Å². The van der Waals surface area contributed by atoms with Gasteiger partial charge in [-0.15, -0.1) is 0 Å². The highest BCUT2D eigenvalue weighted by Gasteiger charge is 2.21. The molecule has 62 valence electrons. The van der Waals surface area contributed by atoms with E-state index in [9.17, 15) is 0 Å². The Labute approximate surface area is 60.6 Å². The normalized spacial score (nSPS) is 12.0. The molecule has 0 atom stereocenters. The van der Waals surface area contributed by atoms with Gasteiger partial charge in [-0.1, -0.05) is 0 Å². The van der Waals surface area contributed by atoms with Crippen LogP contribution in [0.1, 0.15) is 13.3 Å². The van der Waals surface area contributed by atoms with Crippen molar-refractivity contribution in [1.29, 1.82) is 0 Å². The molecule has 0 unspecified atom stereocenters. The van der Waals surface area contributed by atoms with Crippen molar-refractivity contribution in [1.82, 2.24) is 0 Å². The minimum atomic E-state index is -0.650. The van der Waals surface area contributed by atoms with Gasteiger partial charge in [-0.2, -0.15) is 0 Å². The van der Waals surface area contributed by atoms with Gasteiger partial charge < -0.3 is 9.47 Å². The van der Waals surface area contributed by atoms with Gasteiger partial charge in [0.2, 0.25) is 0 Å². The van der Waals surface area contributed by atoms with Crippen LogP contribution in [0.25, 0.3) is 0 Å². The minimum Gasteiger partial charge on any atom is -0.353 e. The summed E-state index contributed by atoms with van der Waals surface area (Å²) in [4.78, 5) is 3.88. The van der Waals surface area contributed by atoms with E-state index in [-0.39, 0.29) is 6.61 Å². The highest BCUT2D eigenvalue weighted by Crippen LogP contribution is 2.13. The highest BCUT2D eigenvalue weighted by molar-refractivity contribution is 4.59. The van der Waals surface area contributed by atoms with Gasteiger partial charge in [-0.05, 0) is 6.92 Å². The zero-order valence-electron chi connectivity index (χ0n) is 6.59. The van der Waals surface area contributed by atoms with Crippen LogP contribution in [0, 0.1) is 0 Å². The van der Waals surface area contributed by atoms with Crippen molar-refractivity contribution < 1.29 is 19.6 Å². The lowest BCUT2D eigenvalue weighted by Crippen LogP contribution is -2.30. The SMILES string of the molecule is COC(C)(CCOO)OC. The largest absolute Gasteiger partial charge is 0.353 e. The third kappa shape index (κ3) is 3.12. The third-order valence-corrected chi connectivity index (χ3v) is 1.51. The molecule has 0 aromatic carbocycles. The third-order valence-electron chi connectivity index (χ3n) is 1.51. The molecule has 0 amide bonds. The van der Waals surface area contributed by atoms with Crippen molar-refractivity contribution >= 4 is 0 Å². The van der Waals surface area contributed by atoms with Crippen molar-refractivity contribution in [3.63, 3.8) is 0 Å². The average molecular weight is 150 g/mol. The minimum absolute atomic E-state index is 0.207. The molecule has 0 spiro atoms. The second-order valence-electron chi connectivity index (χ2n) is 2.13. The molecule has 10 heavy (non-hydrogen) atoms. The number of rotatable bonds is 5. The van der Waals surface area contributed by atoms with E-state index in [1.165, 1.54) is 0 Å². The second kappa shape index (κ2) is 4.62. The molecule has 0 aliphatic rings. The molecule has 0 aromatic heterocycles. The molecule has 0 bridgehead atoms. The van der Waals surface area contributed by atoms with E-state index in [2.05, 4.69) is 4.89 Å². The van der Waals surface area contributed by atoms with E-state index in [1.54, 1.807) is 21.1 Å². The molecule has 4 heteroatoms. The quantitative estimate of drug-likeness (QED) is 0.359. The van der Waals surface area contributed by atoms with Crippen molar-refractivity contribution in [3.8, 4) is 0 Å². The Morgan fingerprint density at radius 1 is 1.30 bits per heavy atom. The molecule has 0 rings (SSSR count). The summed E-state index contributed by atoms with van der Waals surface area (Å²) in [6, 6.07) is 0. The second-order valence-corrected chi connectivity index (χ2v) is 2.13. The van der Waals surface area contributed by atoms with Gasteiger partial charge in [0.25, 0.3) is 0 Å². The van der Waals surface area contributed by atoms with Crippen LogP contribution in [0.5, 0.6) is 0 Å². The molecule has 0 radical (unpaired) electrons. The Hall–Kier alpha value is -0.160. The first kappa shape index (κ1) is 9.84. The van der Waals surface area contributed by atoms with Crippen LogP contribution in [0.3, 0.4) is 0 Å². The summed E-state index contributed by atoms with van der Waals surface area (Å²) < 4.78 is 9.95. The highest BCUT2D eigenvalue weighted by atomic mass is 17.1. The first-order valence-electron chi connectivity index (χ1n) is 3.05. The smallest absolute Gasteiger partial charge is 0.167 e. The van der Waals surface area contributed by atoms with Crippen LogP contribution in [-0.4, -0.2) is 31.9 Å². The first-order chi connectivity index (χ1) is 4.68. The zero-order chi connectivity index (χ0) is 8.04. The molecule has 0 saturated heterocycles. The van der Waals surface area contributed by atoms with E-state index in [1.807, 2.05) is 0 Å². The number of hydrogen-bond donors (Lipinski definition) is 1. The van der Waals surface area contributed by atoms with Crippen molar-refractivity contribution in [2.45, 2.75) is 19.1 Å². The van der Waals surface area contributed by atoms with Crippen LogP contribution in [-0.2, 0) is 14.4 Å². The molecule has 0 heterocycles. The summed E-state index contributed by atoms with van der Waals surface area (Å²) in [5.41, 5.74) is 0. The van der Waals surface area contributed by atoms with Crippen LogP contribution in [0.15, 0.2) is 0 Å². The Kier molecular flexibility index (Phi) is 4.55. The van der Waals surface area contributed by atoms with Gasteiger partial charge in [-0.3, -0.25) is 5.26 Å². The molecular weight excluding hydrogens is 136 g/mol. The van der Waals surface area contributed by atoms with E-state index in [0.717, 1.165) is 0 Å². The molecule has 1 N–H and O–H groups in total. The van der Waals surface area contributed by atoms with Crippen LogP contribution < -0.4 is 0 Å². The van der Waals surface area contributed by atoms with Gasteiger partial charge >= 0.3 is 0 Å². The molecule has 0 aromatic rings. The van der Waals surface area contributed by atoms with E-state index in [4.69, 9.17) is 14.7 Å². The predicted octanol–water partition coefficient (Wildman–Crippen LogP) is 0.875. The van der Waals surface area contributed by atoms with Gasteiger partial charge in [-0.25, -0.2) is 4.89 Å². The Morgan fingerprint density at radius 3 is 2.10 bits per heavy atom. The fourth-order valence-corrected chi connectivity index (χ4v) is 0.518. The summed E-state index contributed by atoms with van der Waals surface area (Å²) in [5, 5.41) is 8.01. The molecular formula is C6H14O4. The lowest BCUT2D eigenvalue weighted by atomic mass is 10.2. The molecule has 4 nitrogen and oxygen atoms in total. The molecule has 0 aliphatic carbocycles. The van der Waals surface area contributed by atoms with Gasteiger partial charge in [0.05, 0.1) is 6.61 Å². The number of ether oxygens (including phenoxy) is 2. The fraction of sp³-hybridized carbons (Fsp3) is 1.00. The lowest BCUT2D eigenvalue weighted by Gasteiger charge is -2.25. The fourth-order valence-electron chi connectivity index (χ4n) is 0.518. The van der Waals surface area contributed by atoms with Crippen molar-refractivity contribution in [2.75, 3.05) is 20.8 Å². The van der Waals surface area contributed by atoms with Gasteiger partial charge in [0.1, 0.15) is 0 Å². The Balaban J connectivity index is 3.58. The van der Waals surface area contributed by atoms with E-state index >= 15 is 0 Å². The van der Waals surface area contributed by atoms with Crippen LogP contribution in [0.2, 0.25) is 0 Å². The summed E-state index contributed by atoms with van der Waals surface area (Å²) in [6.45, 7) is 1.98. The van der Waals surface area contributed by atoms with E-state index in [0.29, 0.717) is 6.42 Å². The topological polar surface area (TPSA) is 47.9 Å². The first-order valence-corrected chi connectivity index (χ1v) is 3.05. The summed E-state index contributed by atoms with van der Waals surface area (Å²) >= 11 is 0. The monoisotopic (exact) mass is 150 g/mol. The summed E-state index contributed by atoms with van der Waals surface area (Å²) in [7, 11) is 3.09. The van der Waals surface area contributed by atoms with Gasteiger partial charge in [0.15, 0.2) is 5.79 Å². The summed E-state index contributed by atoms with van der Waals surface area (Å²) in [6.07, 6.45) is 0.497. The molecule has 0 saturated carbocycles.